The summed E-state index contributed by atoms with van der Waals surface area (Å²) in [6, 6.07) is 0.683. The van der Waals surface area contributed by atoms with Crippen LogP contribution in [0.2, 0.25) is 0 Å². The van der Waals surface area contributed by atoms with Crippen molar-refractivity contribution in [1.29, 1.82) is 0 Å². The van der Waals surface area contributed by atoms with Crippen LogP contribution in [0.5, 0.6) is 0 Å². The number of nitrogens with zero attached hydrogens (tertiary/aromatic N) is 4. The van der Waals surface area contributed by atoms with E-state index in [1.807, 2.05) is 4.68 Å². The quantitative estimate of drug-likeness (QED) is 0.831. The average molecular weight is 293 g/mol. The summed E-state index contributed by atoms with van der Waals surface area (Å²) in [4.78, 5) is 5.00. The van der Waals surface area contributed by atoms with E-state index in [-0.39, 0.29) is 0 Å². The first kappa shape index (κ1) is 16.3. The van der Waals surface area contributed by atoms with E-state index in [9.17, 15) is 0 Å². The summed E-state index contributed by atoms with van der Waals surface area (Å²) in [7, 11) is 4.26. The van der Waals surface area contributed by atoms with Gasteiger partial charge in [0.25, 0.3) is 0 Å². The summed E-state index contributed by atoms with van der Waals surface area (Å²) in [6.07, 6.45) is 2.65. The van der Waals surface area contributed by atoms with Gasteiger partial charge in [-0.25, -0.2) is 0 Å². The van der Waals surface area contributed by atoms with E-state index >= 15 is 0 Å². The maximum Gasteiger partial charge on any atom is 0.131 e. The summed E-state index contributed by atoms with van der Waals surface area (Å²) in [5, 5.41) is 8.06. The van der Waals surface area contributed by atoms with Crippen LogP contribution in [0.3, 0.4) is 0 Å². The summed E-state index contributed by atoms with van der Waals surface area (Å²) in [5.74, 6) is 1.26. The predicted octanol–water partition coefficient (Wildman–Crippen LogP) is 1.76. The van der Waals surface area contributed by atoms with Gasteiger partial charge in [-0.15, -0.1) is 0 Å². The molecule has 0 radical (unpaired) electrons. The molecule has 21 heavy (non-hydrogen) atoms. The van der Waals surface area contributed by atoms with Crippen LogP contribution >= 0.6 is 0 Å². The Morgan fingerprint density at radius 1 is 1.38 bits per heavy atom. The Morgan fingerprint density at radius 3 is 2.81 bits per heavy atom. The number of anilines is 1. The highest BCUT2D eigenvalue weighted by Gasteiger charge is 2.26. The number of aromatic nitrogens is 2. The third-order valence-electron chi connectivity index (χ3n) is 4.62. The van der Waals surface area contributed by atoms with Crippen LogP contribution in [0.1, 0.15) is 37.9 Å². The zero-order valence-electron chi connectivity index (χ0n) is 14.3. The van der Waals surface area contributed by atoms with Crippen LogP contribution in [-0.2, 0) is 13.6 Å². The third kappa shape index (κ3) is 3.58. The third-order valence-corrected chi connectivity index (χ3v) is 4.62. The number of aryl methyl sites for hydroxylation is 2. The number of hydrogen-bond acceptors (Lipinski definition) is 4. The Kier molecular flexibility index (Phi) is 5.65. The van der Waals surface area contributed by atoms with E-state index in [0.717, 1.165) is 31.9 Å². The minimum Gasteiger partial charge on any atom is -0.358 e. The molecule has 5 nitrogen and oxygen atoms in total. The van der Waals surface area contributed by atoms with Gasteiger partial charge in [-0.2, -0.15) is 5.10 Å². The maximum atomic E-state index is 4.62. The van der Waals surface area contributed by atoms with Gasteiger partial charge >= 0.3 is 0 Å². The lowest BCUT2D eigenvalue weighted by Gasteiger charge is -2.29. The zero-order chi connectivity index (χ0) is 15.4. The lowest BCUT2D eigenvalue weighted by Crippen LogP contribution is -2.39. The molecule has 5 heteroatoms. The van der Waals surface area contributed by atoms with Crippen LogP contribution in [0.4, 0.5) is 5.82 Å². The van der Waals surface area contributed by atoms with Crippen molar-refractivity contribution in [3.63, 3.8) is 0 Å². The molecular weight excluding hydrogens is 262 g/mol. The molecule has 1 aromatic rings. The van der Waals surface area contributed by atoms with E-state index < -0.39 is 0 Å². The minimum absolute atomic E-state index is 0.683. The molecule has 1 N–H and O–H groups in total. The highest BCUT2D eigenvalue weighted by atomic mass is 15.4. The van der Waals surface area contributed by atoms with E-state index in [1.165, 1.54) is 30.8 Å². The van der Waals surface area contributed by atoms with Crippen molar-refractivity contribution in [2.75, 3.05) is 38.1 Å². The lowest BCUT2D eigenvalue weighted by atomic mass is 10.2. The van der Waals surface area contributed by atoms with Gasteiger partial charge in [0.15, 0.2) is 0 Å². The average Bonchev–Trinajstić information content (AvgIpc) is 3.00. The van der Waals surface area contributed by atoms with Crippen molar-refractivity contribution in [2.45, 2.75) is 46.2 Å². The fraction of sp³-hybridized carbons (Fsp3) is 0.812. The topological polar surface area (TPSA) is 36.3 Å². The van der Waals surface area contributed by atoms with E-state index in [2.05, 4.69) is 55.1 Å². The van der Waals surface area contributed by atoms with Crippen molar-refractivity contribution in [2.24, 2.45) is 7.05 Å². The number of likely N-dealkylation sites (tertiary alicyclic amines) is 1. The summed E-state index contributed by atoms with van der Waals surface area (Å²) in [5.41, 5.74) is 2.47. The van der Waals surface area contributed by atoms with Crippen molar-refractivity contribution >= 4 is 5.82 Å². The number of hydrogen-bond donors (Lipinski definition) is 1. The molecule has 0 amide bonds. The Morgan fingerprint density at radius 2 is 2.14 bits per heavy atom. The van der Waals surface area contributed by atoms with E-state index in [4.69, 9.17) is 0 Å². The molecule has 1 saturated heterocycles. The molecule has 2 rings (SSSR count). The van der Waals surface area contributed by atoms with Crippen LogP contribution < -0.4 is 10.2 Å². The maximum absolute atomic E-state index is 4.62. The first-order valence-electron chi connectivity index (χ1n) is 8.26. The Bertz CT molecular complexity index is 454. The van der Waals surface area contributed by atoms with Gasteiger partial charge in [0, 0.05) is 38.8 Å². The van der Waals surface area contributed by atoms with E-state index in [0.29, 0.717) is 6.04 Å². The molecule has 1 atom stereocenters. The standard InChI is InChI=1S/C16H31N5/c1-6-17-11-15-13(3)18-20(5)16(15)19(4)12-14-9-8-10-21(14)7-2/h14,17H,6-12H2,1-5H3. The van der Waals surface area contributed by atoms with Crippen molar-refractivity contribution < 1.29 is 0 Å². The highest BCUT2D eigenvalue weighted by molar-refractivity contribution is 5.49. The van der Waals surface area contributed by atoms with Gasteiger partial charge in [0.05, 0.1) is 5.69 Å². The van der Waals surface area contributed by atoms with Crippen molar-refractivity contribution in [1.82, 2.24) is 20.0 Å². The van der Waals surface area contributed by atoms with Gasteiger partial charge in [0.1, 0.15) is 5.82 Å². The molecule has 1 aliphatic rings. The smallest absolute Gasteiger partial charge is 0.131 e. The normalized spacial score (nSPS) is 19.4. The summed E-state index contributed by atoms with van der Waals surface area (Å²) < 4.78 is 2.03. The monoisotopic (exact) mass is 293 g/mol. The molecule has 1 fully saturated rings. The highest BCUT2D eigenvalue weighted by Crippen LogP contribution is 2.25. The first-order valence-corrected chi connectivity index (χ1v) is 8.26. The second-order valence-electron chi connectivity index (χ2n) is 6.10. The second-order valence-corrected chi connectivity index (χ2v) is 6.10. The molecule has 1 aromatic heterocycles. The van der Waals surface area contributed by atoms with Gasteiger partial charge in [-0.3, -0.25) is 9.58 Å². The number of rotatable bonds is 7. The Hall–Kier alpha value is -1.07. The molecule has 2 heterocycles. The SMILES string of the molecule is CCNCc1c(C)nn(C)c1N(C)CC1CCCN1CC. The Labute approximate surface area is 129 Å². The fourth-order valence-corrected chi connectivity index (χ4v) is 3.55. The molecule has 0 aromatic carbocycles. The van der Waals surface area contributed by atoms with Gasteiger partial charge in [0.2, 0.25) is 0 Å². The Balaban J connectivity index is 2.12. The molecule has 1 unspecified atom stereocenters. The van der Waals surface area contributed by atoms with Gasteiger partial charge in [-0.1, -0.05) is 13.8 Å². The molecule has 0 saturated carbocycles. The largest absolute Gasteiger partial charge is 0.358 e. The van der Waals surface area contributed by atoms with Crippen LogP contribution in [0.15, 0.2) is 0 Å². The molecule has 0 bridgehead atoms. The molecule has 120 valence electrons. The second kappa shape index (κ2) is 7.27. The predicted molar refractivity (Wildman–Crippen MR) is 88.9 cm³/mol. The summed E-state index contributed by atoms with van der Waals surface area (Å²) >= 11 is 0. The van der Waals surface area contributed by atoms with Gasteiger partial charge in [-0.05, 0) is 39.4 Å². The van der Waals surface area contributed by atoms with Crippen molar-refractivity contribution in [3.05, 3.63) is 11.3 Å². The number of nitrogens with one attached hydrogen (secondary N) is 1. The first-order chi connectivity index (χ1) is 10.1. The van der Waals surface area contributed by atoms with Gasteiger partial charge < -0.3 is 10.2 Å². The summed E-state index contributed by atoms with van der Waals surface area (Å²) in [6.45, 7) is 11.9. The minimum atomic E-state index is 0.683. The lowest BCUT2D eigenvalue weighted by molar-refractivity contribution is 0.270. The zero-order valence-corrected chi connectivity index (χ0v) is 14.3. The molecule has 1 aliphatic heterocycles. The fourth-order valence-electron chi connectivity index (χ4n) is 3.55. The van der Waals surface area contributed by atoms with E-state index in [1.54, 1.807) is 0 Å². The molecular formula is C16H31N5. The molecule has 0 spiro atoms. The number of likely N-dealkylation sites (N-methyl/N-ethyl adjacent to an activating group) is 2. The molecule has 0 aliphatic carbocycles. The van der Waals surface area contributed by atoms with Crippen LogP contribution in [0.25, 0.3) is 0 Å². The van der Waals surface area contributed by atoms with Crippen LogP contribution in [0, 0.1) is 6.92 Å². The van der Waals surface area contributed by atoms with Crippen molar-refractivity contribution in [3.8, 4) is 0 Å². The van der Waals surface area contributed by atoms with Crippen LogP contribution in [-0.4, -0.2) is 53.9 Å².